The molecule has 1 aliphatic rings. The van der Waals surface area contributed by atoms with Gasteiger partial charge in [0.05, 0.1) is 0 Å². The van der Waals surface area contributed by atoms with Crippen LogP contribution in [0.25, 0.3) is 11.5 Å². The summed E-state index contributed by atoms with van der Waals surface area (Å²) in [5.41, 5.74) is 0.691. The summed E-state index contributed by atoms with van der Waals surface area (Å²) in [6.45, 7) is 2.07. The Kier molecular flexibility index (Phi) is 2.34. The van der Waals surface area contributed by atoms with Gasteiger partial charge in [0.1, 0.15) is 12.0 Å². The lowest BCUT2D eigenvalue weighted by molar-refractivity contribution is 0.296. The van der Waals surface area contributed by atoms with Crippen molar-refractivity contribution in [3.8, 4) is 11.5 Å². The fourth-order valence-corrected chi connectivity index (χ4v) is 1.60. The molecule has 16 heavy (non-hydrogen) atoms. The Balaban J connectivity index is 1.77. The summed E-state index contributed by atoms with van der Waals surface area (Å²) in [7, 11) is 0. The molecule has 1 fully saturated rings. The van der Waals surface area contributed by atoms with Crippen LogP contribution in [0, 0.1) is 5.92 Å². The Morgan fingerprint density at radius 2 is 2.38 bits per heavy atom. The van der Waals surface area contributed by atoms with Crippen LogP contribution in [0.4, 0.5) is 0 Å². The second-order valence-corrected chi connectivity index (χ2v) is 3.83. The molecule has 0 aliphatic carbocycles. The summed E-state index contributed by atoms with van der Waals surface area (Å²) in [5, 5.41) is 7.11. The van der Waals surface area contributed by atoms with E-state index < -0.39 is 0 Å². The van der Waals surface area contributed by atoms with Crippen LogP contribution < -0.4 is 5.32 Å². The zero-order valence-corrected chi connectivity index (χ0v) is 8.63. The summed E-state index contributed by atoms with van der Waals surface area (Å²) in [5.74, 6) is 1.84. The van der Waals surface area contributed by atoms with E-state index >= 15 is 0 Å². The van der Waals surface area contributed by atoms with Gasteiger partial charge in [0.25, 0.3) is 0 Å². The third-order valence-corrected chi connectivity index (χ3v) is 2.61. The van der Waals surface area contributed by atoms with Gasteiger partial charge in [-0.2, -0.15) is 4.98 Å². The number of rotatable bonds is 3. The number of nitrogens with zero attached hydrogens (tertiary/aromatic N) is 4. The van der Waals surface area contributed by atoms with Crippen molar-refractivity contribution in [2.45, 2.75) is 6.42 Å². The van der Waals surface area contributed by atoms with Gasteiger partial charge in [-0.3, -0.25) is 0 Å². The predicted octanol–water partition coefficient (Wildman–Crippen LogP) is 0.288. The molecular weight excluding hydrogens is 206 g/mol. The number of aromatic nitrogens is 4. The van der Waals surface area contributed by atoms with Crippen LogP contribution in [0.2, 0.25) is 0 Å². The van der Waals surface area contributed by atoms with Crippen molar-refractivity contribution in [3.05, 3.63) is 24.5 Å². The second-order valence-electron chi connectivity index (χ2n) is 3.83. The van der Waals surface area contributed by atoms with Crippen LogP contribution in [0.15, 0.2) is 23.1 Å². The molecule has 1 N–H and O–H groups in total. The highest BCUT2D eigenvalue weighted by Crippen LogP contribution is 2.15. The van der Waals surface area contributed by atoms with Gasteiger partial charge >= 0.3 is 0 Å². The Labute approximate surface area is 92.1 Å². The maximum atomic E-state index is 5.18. The highest BCUT2D eigenvalue weighted by Gasteiger charge is 2.20. The largest absolute Gasteiger partial charge is 0.339 e. The third-order valence-electron chi connectivity index (χ3n) is 2.61. The zero-order chi connectivity index (χ0) is 10.8. The Morgan fingerprint density at radius 3 is 3.06 bits per heavy atom. The van der Waals surface area contributed by atoms with Crippen molar-refractivity contribution in [2.24, 2.45) is 5.92 Å². The molecule has 0 unspecified atom stereocenters. The molecule has 2 aromatic rings. The summed E-state index contributed by atoms with van der Waals surface area (Å²) in [4.78, 5) is 12.2. The molecule has 0 radical (unpaired) electrons. The smallest absolute Gasteiger partial charge is 0.227 e. The van der Waals surface area contributed by atoms with Gasteiger partial charge in [-0.1, -0.05) is 5.16 Å². The topological polar surface area (TPSA) is 76.7 Å². The fraction of sp³-hybridized carbons (Fsp3) is 0.400. The van der Waals surface area contributed by atoms with E-state index in [0.29, 0.717) is 23.3 Å². The molecule has 0 aromatic carbocycles. The summed E-state index contributed by atoms with van der Waals surface area (Å²) >= 11 is 0. The van der Waals surface area contributed by atoms with Crippen molar-refractivity contribution >= 4 is 0 Å². The summed E-state index contributed by atoms with van der Waals surface area (Å²) in [6, 6.07) is 1.76. The van der Waals surface area contributed by atoms with Gasteiger partial charge in [-0.15, -0.1) is 0 Å². The highest BCUT2D eigenvalue weighted by molar-refractivity contribution is 5.46. The molecule has 3 heterocycles. The van der Waals surface area contributed by atoms with E-state index in [1.165, 1.54) is 6.33 Å². The molecular formula is C10H11N5O. The Hall–Kier alpha value is -1.82. The predicted molar refractivity (Wildman–Crippen MR) is 55.4 cm³/mol. The van der Waals surface area contributed by atoms with E-state index in [0.717, 1.165) is 19.5 Å². The van der Waals surface area contributed by atoms with Crippen LogP contribution >= 0.6 is 0 Å². The zero-order valence-electron chi connectivity index (χ0n) is 8.63. The third kappa shape index (κ3) is 1.79. The first-order valence-electron chi connectivity index (χ1n) is 5.21. The van der Waals surface area contributed by atoms with Crippen molar-refractivity contribution < 1.29 is 4.52 Å². The highest BCUT2D eigenvalue weighted by atomic mass is 16.5. The van der Waals surface area contributed by atoms with Crippen LogP contribution in [0.1, 0.15) is 5.89 Å². The first-order valence-corrected chi connectivity index (χ1v) is 5.21. The molecule has 0 atom stereocenters. The van der Waals surface area contributed by atoms with Crippen LogP contribution in [-0.2, 0) is 6.42 Å². The van der Waals surface area contributed by atoms with Crippen molar-refractivity contribution in [1.29, 1.82) is 0 Å². The van der Waals surface area contributed by atoms with Gasteiger partial charge in [0.2, 0.25) is 11.7 Å². The van der Waals surface area contributed by atoms with Gasteiger partial charge in [0, 0.05) is 12.6 Å². The molecule has 2 aromatic heterocycles. The summed E-state index contributed by atoms with van der Waals surface area (Å²) in [6.07, 6.45) is 3.97. The number of hydrogen-bond acceptors (Lipinski definition) is 6. The quantitative estimate of drug-likeness (QED) is 0.796. The minimum Gasteiger partial charge on any atom is -0.339 e. The average Bonchev–Trinajstić information content (AvgIpc) is 2.73. The molecule has 1 saturated heterocycles. The van der Waals surface area contributed by atoms with E-state index in [2.05, 4.69) is 25.4 Å². The molecule has 0 spiro atoms. The molecule has 0 saturated carbocycles. The number of nitrogens with one attached hydrogen (secondary N) is 1. The molecule has 0 bridgehead atoms. The fourth-order valence-electron chi connectivity index (χ4n) is 1.60. The van der Waals surface area contributed by atoms with E-state index in [-0.39, 0.29) is 0 Å². The Morgan fingerprint density at radius 1 is 1.44 bits per heavy atom. The maximum Gasteiger partial charge on any atom is 0.227 e. The molecule has 1 aliphatic heterocycles. The van der Waals surface area contributed by atoms with Crippen molar-refractivity contribution in [3.63, 3.8) is 0 Å². The van der Waals surface area contributed by atoms with E-state index in [1.54, 1.807) is 12.3 Å². The monoisotopic (exact) mass is 217 g/mol. The van der Waals surface area contributed by atoms with Crippen molar-refractivity contribution in [2.75, 3.05) is 13.1 Å². The minimum atomic E-state index is 0.532. The molecule has 0 amide bonds. The van der Waals surface area contributed by atoms with Gasteiger partial charge < -0.3 is 9.84 Å². The average molecular weight is 217 g/mol. The van der Waals surface area contributed by atoms with Gasteiger partial charge in [-0.05, 0) is 25.1 Å². The van der Waals surface area contributed by atoms with Crippen LogP contribution in [-0.4, -0.2) is 33.2 Å². The van der Waals surface area contributed by atoms with Crippen LogP contribution in [0.5, 0.6) is 0 Å². The second kappa shape index (κ2) is 3.97. The Bertz CT molecular complexity index is 465. The van der Waals surface area contributed by atoms with Crippen LogP contribution in [0.3, 0.4) is 0 Å². The lowest BCUT2D eigenvalue weighted by atomic mass is 10.00. The van der Waals surface area contributed by atoms with Gasteiger partial charge in [0.15, 0.2) is 0 Å². The molecule has 6 nitrogen and oxygen atoms in total. The minimum absolute atomic E-state index is 0.532. The van der Waals surface area contributed by atoms with E-state index in [9.17, 15) is 0 Å². The first-order chi connectivity index (χ1) is 7.92. The SMILES string of the molecule is c1cc(-c2noc(CC3CNC3)n2)ncn1. The lowest BCUT2D eigenvalue weighted by Crippen LogP contribution is -2.43. The summed E-state index contributed by atoms with van der Waals surface area (Å²) < 4.78 is 5.18. The normalized spacial score (nSPS) is 16.0. The van der Waals surface area contributed by atoms with E-state index in [1.807, 2.05) is 0 Å². The maximum absolute atomic E-state index is 5.18. The molecule has 3 rings (SSSR count). The van der Waals surface area contributed by atoms with E-state index in [4.69, 9.17) is 4.52 Å². The van der Waals surface area contributed by atoms with Crippen molar-refractivity contribution in [1.82, 2.24) is 25.4 Å². The standard InChI is InChI=1S/C10H11N5O/c1-2-11-6-13-8(1)10-14-9(16-15-10)3-7-4-12-5-7/h1-2,6-7,12H,3-5H2. The first kappa shape index (κ1) is 9.41. The molecule has 82 valence electrons. The molecule has 6 heteroatoms. The lowest BCUT2D eigenvalue weighted by Gasteiger charge is -2.25. The van der Waals surface area contributed by atoms with Gasteiger partial charge in [-0.25, -0.2) is 9.97 Å². The number of hydrogen-bond donors (Lipinski definition) is 1.